The summed E-state index contributed by atoms with van der Waals surface area (Å²) in [4.78, 5) is 31.2. The number of carbonyl (C=O) groups excluding carboxylic acids is 2. The molecule has 0 bridgehead atoms. The largest absolute Gasteiger partial charge is 0.876 e. The van der Waals surface area contributed by atoms with Crippen LogP contribution in [0.3, 0.4) is 0 Å². The molecule has 0 saturated heterocycles. The van der Waals surface area contributed by atoms with Crippen LogP contribution in [0.4, 0.5) is 18.0 Å². The Hall–Kier alpha value is -4.84. The first kappa shape index (κ1) is 27.7. The van der Waals surface area contributed by atoms with E-state index < -0.39 is 29.6 Å². The van der Waals surface area contributed by atoms with Gasteiger partial charge < -0.3 is 14.8 Å². The van der Waals surface area contributed by atoms with E-state index in [2.05, 4.69) is 4.98 Å². The van der Waals surface area contributed by atoms with Gasteiger partial charge in [-0.2, -0.15) is 19.2 Å². The Morgan fingerprint density at radius 3 is 2.54 bits per heavy atom. The van der Waals surface area contributed by atoms with Crippen LogP contribution in [0.15, 0.2) is 85.0 Å². The van der Waals surface area contributed by atoms with E-state index in [4.69, 9.17) is 4.74 Å². The van der Waals surface area contributed by atoms with Crippen LogP contribution in [-0.2, 0) is 22.8 Å². The minimum atomic E-state index is -5.25. The van der Waals surface area contributed by atoms with E-state index in [1.165, 1.54) is 59.7 Å². The molecular formula is C29H22F3N4O4S-. The van der Waals surface area contributed by atoms with E-state index in [-0.39, 0.29) is 23.1 Å². The summed E-state index contributed by atoms with van der Waals surface area (Å²) < 4.78 is 48.2. The number of hydrogen-bond donors (Lipinski definition) is 0. The Morgan fingerprint density at radius 2 is 1.88 bits per heavy atom. The third-order valence-electron chi connectivity index (χ3n) is 6.17. The van der Waals surface area contributed by atoms with Crippen molar-refractivity contribution in [3.8, 4) is 5.75 Å². The molecular weight excluding hydrogens is 557 g/mol. The highest BCUT2D eigenvalue weighted by molar-refractivity contribution is 7.81. The quantitative estimate of drug-likeness (QED) is 0.0905. The summed E-state index contributed by atoms with van der Waals surface area (Å²) in [5.41, 5.74) is 0.929. The number of aromatic nitrogens is 2. The molecule has 0 N–H and O–H groups in total. The van der Waals surface area contributed by atoms with Crippen molar-refractivity contribution in [3.05, 3.63) is 107 Å². The molecule has 41 heavy (non-hydrogen) atoms. The van der Waals surface area contributed by atoms with Crippen molar-refractivity contribution in [3.63, 3.8) is 0 Å². The van der Waals surface area contributed by atoms with Crippen molar-refractivity contribution in [2.45, 2.75) is 12.8 Å². The molecule has 210 valence electrons. The number of allylic oxidation sites excluding steroid dienone is 1. The Morgan fingerprint density at radius 1 is 1.12 bits per heavy atom. The summed E-state index contributed by atoms with van der Waals surface area (Å²) in [6, 6.07) is 16.7. The van der Waals surface area contributed by atoms with Crippen molar-refractivity contribution in [2.75, 3.05) is 14.1 Å². The highest BCUT2D eigenvalue weighted by atomic mass is 32.1. The van der Waals surface area contributed by atoms with Crippen molar-refractivity contribution >= 4 is 45.3 Å². The van der Waals surface area contributed by atoms with Crippen molar-refractivity contribution < 1.29 is 37.2 Å². The second-order valence-corrected chi connectivity index (χ2v) is 10.0. The molecule has 12 heteroatoms. The molecule has 2 amide bonds. The molecule has 0 radical (unpaired) electrons. The summed E-state index contributed by atoms with van der Waals surface area (Å²) in [7, 11) is 3.06. The fourth-order valence-corrected chi connectivity index (χ4v) is 5.21. The number of hydrogen-bond acceptors (Lipinski definition) is 5. The van der Waals surface area contributed by atoms with E-state index in [9.17, 15) is 27.9 Å². The molecule has 0 aliphatic carbocycles. The van der Waals surface area contributed by atoms with Gasteiger partial charge in [-0.25, -0.2) is 9.36 Å². The fraction of sp³-hybridized carbons (Fsp3) is 0.138. The van der Waals surface area contributed by atoms with Crippen LogP contribution >= 0.6 is 0 Å². The van der Waals surface area contributed by atoms with Gasteiger partial charge in [0.05, 0.1) is 31.1 Å². The Kier molecular flexibility index (Phi) is 7.41. The topological polar surface area (TPSA) is 89.7 Å². The minimum Gasteiger partial charge on any atom is -0.876 e. The average Bonchev–Trinajstić information content (AvgIpc) is 3.57. The highest BCUT2D eigenvalue weighted by Crippen LogP contribution is 2.36. The molecule has 0 atom stereocenters. The number of rotatable bonds is 5. The number of benzene rings is 2. The number of nitrogens with zero attached hydrogens (tertiary/aromatic N) is 4. The van der Waals surface area contributed by atoms with Gasteiger partial charge in [0.2, 0.25) is 10.7 Å². The maximum Gasteiger partial charge on any atom is 0.471 e. The lowest BCUT2D eigenvalue weighted by atomic mass is 10.1. The third kappa shape index (κ3) is 5.46. The second kappa shape index (κ2) is 11.0. The number of fused-ring (bicyclic) bond motifs is 1. The van der Waals surface area contributed by atoms with Crippen LogP contribution in [0.5, 0.6) is 5.75 Å². The van der Waals surface area contributed by atoms with E-state index >= 15 is 0 Å². The molecule has 0 saturated carbocycles. The van der Waals surface area contributed by atoms with Gasteiger partial charge in [-0.1, -0.05) is 59.1 Å². The number of alkyl halides is 3. The van der Waals surface area contributed by atoms with E-state index in [0.717, 1.165) is 16.9 Å². The SMILES string of the molecule is CN(C)C(=O)[n+]1cc(C([O-])=C2C=[S+][C-](c3cccnc3)N2C(=O)C(F)(F)F)c2ccc(OCc3ccccc3)c[c-]21. The molecule has 0 spiro atoms. The predicted octanol–water partition coefficient (Wildman–Crippen LogP) is 3.21. The molecule has 1 aliphatic heterocycles. The molecule has 2 aromatic carbocycles. The van der Waals surface area contributed by atoms with Gasteiger partial charge in [-0.05, 0) is 17.8 Å². The van der Waals surface area contributed by atoms with Gasteiger partial charge in [0, 0.05) is 6.20 Å². The number of carbonyl (C=O) groups is 2. The standard InChI is InChI=1S/C29H23F3N4O4S/c1-34(2)28(39)35-15-22(21-11-10-20(13-23(21)35)40-16-18-7-4-3-5-8-18)25(37)24-17-41-26(19-9-6-12-33-14-19)36(24)27(38)29(30,31)32/h3-15,17,37H,16H2,1-2H3/p-1. The zero-order valence-corrected chi connectivity index (χ0v) is 22.6. The molecule has 5 rings (SSSR count). The first-order chi connectivity index (χ1) is 19.6. The molecule has 1 aliphatic rings. The van der Waals surface area contributed by atoms with Gasteiger partial charge >= 0.3 is 18.1 Å². The maximum atomic E-state index is 13.8. The lowest BCUT2D eigenvalue weighted by Gasteiger charge is -2.28. The van der Waals surface area contributed by atoms with Gasteiger partial charge in [-0.3, -0.25) is 14.6 Å². The number of amides is 2. The van der Waals surface area contributed by atoms with Gasteiger partial charge in [0.15, 0.2) is 11.4 Å². The van der Waals surface area contributed by atoms with E-state index in [0.29, 0.717) is 21.6 Å². The van der Waals surface area contributed by atoms with Gasteiger partial charge in [-0.15, -0.1) is 17.9 Å². The van der Waals surface area contributed by atoms with Crippen LogP contribution in [0.25, 0.3) is 16.7 Å². The number of halogens is 3. The number of pyridine rings is 1. The van der Waals surface area contributed by atoms with Crippen LogP contribution in [0, 0.1) is 5.37 Å². The van der Waals surface area contributed by atoms with E-state index in [1.54, 1.807) is 18.2 Å². The lowest BCUT2D eigenvalue weighted by molar-refractivity contribution is -0.547. The maximum absolute atomic E-state index is 13.8. The average molecular weight is 580 g/mol. The Labute approximate surface area is 236 Å². The molecule has 3 heterocycles. The summed E-state index contributed by atoms with van der Waals surface area (Å²) in [6.07, 6.45) is -1.25. The number of ether oxygens (including phenoxy) is 1. The smallest absolute Gasteiger partial charge is 0.471 e. The predicted molar refractivity (Wildman–Crippen MR) is 145 cm³/mol. The fourth-order valence-electron chi connectivity index (χ4n) is 4.23. The van der Waals surface area contributed by atoms with Crippen LogP contribution in [0.1, 0.15) is 16.7 Å². The van der Waals surface area contributed by atoms with Gasteiger partial charge in [0.25, 0.3) is 0 Å². The third-order valence-corrected chi connectivity index (χ3v) is 7.15. The summed E-state index contributed by atoms with van der Waals surface area (Å²) in [5.74, 6) is -2.66. The molecule has 0 unspecified atom stereocenters. The highest BCUT2D eigenvalue weighted by Gasteiger charge is 2.49. The van der Waals surface area contributed by atoms with Crippen molar-refractivity contribution in [1.29, 1.82) is 0 Å². The first-order valence-corrected chi connectivity index (χ1v) is 13.1. The Bertz CT molecular complexity index is 1670. The minimum absolute atomic E-state index is 0.0518. The summed E-state index contributed by atoms with van der Waals surface area (Å²) in [5, 5.41) is 15.2. The lowest BCUT2D eigenvalue weighted by Crippen LogP contribution is -2.48. The summed E-state index contributed by atoms with van der Waals surface area (Å²) >= 11 is 0.806. The van der Waals surface area contributed by atoms with E-state index in [1.807, 2.05) is 30.3 Å². The molecule has 4 aromatic rings. The normalized spacial score (nSPS) is 14.5. The van der Waals surface area contributed by atoms with Crippen LogP contribution in [-0.4, -0.2) is 52.4 Å². The zero-order valence-electron chi connectivity index (χ0n) is 21.8. The van der Waals surface area contributed by atoms with Crippen LogP contribution in [0.2, 0.25) is 0 Å². The van der Waals surface area contributed by atoms with Crippen LogP contribution < -0.4 is 14.4 Å². The molecule has 0 fully saturated rings. The first-order valence-electron chi connectivity index (χ1n) is 12.2. The van der Waals surface area contributed by atoms with Crippen molar-refractivity contribution in [2.24, 2.45) is 0 Å². The molecule has 8 nitrogen and oxygen atoms in total. The second-order valence-electron chi connectivity index (χ2n) is 9.18. The molecule has 2 aromatic heterocycles. The summed E-state index contributed by atoms with van der Waals surface area (Å²) in [6.45, 7) is 0.256. The van der Waals surface area contributed by atoms with Gasteiger partial charge in [0.1, 0.15) is 6.61 Å². The zero-order chi connectivity index (χ0) is 29.3. The monoisotopic (exact) mass is 579 g/mol. The Balaban J connectivity index is 1.61. The van der Waals surface area contributed by atoms with Crippen molar-refractivity contribution in [1.82, 2.24) is 14.8 Å².